The number of nitrogens with zero attached hydrogens (tertiary/aromatic N) is 5. The number of rotatable bonds is 5. The van der Waals surface area contributed by atoms with E-state index in [0.717, 1.165) is 46.6 Å². The molecule has 9 heteroatoms. The van der Waals surface area contributed by atoms with Crippen LogP contribution in [-0.4, -0.2) is 32.5 Å². The fraction of sp³-hybridized carbons (Fsp3) is 0.300. The Hall–Kier alpha value is -4.53. The molecule has 0 radical (unpaired) electrons. The van der Waals surface area contributed by atoms with Gasteiger partial charge < -0.3 is 16.0 Å². The van der Waals surface area contributed by atoms with Crippen LogP contribution in [0.15, 0.2) is 65.7 Å². The summed E-state index contributed by atoms with van der Waals surface area (Å²) in [5.74, 6) is 0.547. The van der Waals surface area contributed by atoms with Gasteiger partial charge in [0.25, 0.3) is 5.56 Å². The summed E-state index contributed by atoms with van der Waals surface area (Å²) in [6.45, 7) is 2.18. The number of nitrogens with two attached hydrogens (primary N) is 1. The van der Waals surface area contributed by atoms with Gasteiger partial charge in [-0.2, -0.15) is 0 Å². The lowest BCUT2D eigenvalue weighted by Crippen LogP contribution is -2.39. The minimum Gasteiger partial charge on any atom is -0.384 e. The van der Waals surface area contributed by atoms with Crippen LogP contribution in [0.3, 0.4) is 0 Å². The molecule has 1 aromatic carbocycles. The molecule has 1 unspecified atom stereocenters. The van der Waals surface area contributed by atoms with Crippen LogP contribution in [-0.2, 0) is 30.6 Å². The molecule has 6 rings (SSSR count). The van der Waals surface area contributed by atoms with Gasteiger partial charge in [-0.3, -0.25) is 19.1 Å². The predicted molar refractivity (Wildman–Crippen MR) is 149 cm³/mol. The van der Waals surface area contributed by atoms with Gasteiger partial charge in [-0.15, -0.1) is 0 Å². The number of hydrogen-bond acceptors (Lipinski definition) is 7. The van der Waals surface area contributed by atoms with Gasteiger partial charge in [0.2, 0.25) is 5.91 Å². The Kier molecular flexibility index (Phi) is 6.34. The summed E-state index contributed by atoms with van der Waals surface area (Å²) in [7, 11) is 1.89. The highest BCUT2D eigenvalue weighted by molar-refractivity contribution is 5.81. The summed E-state index contributed by atoms with van der Waals surface area (Å²) in [5.41, 5.74) is 12.4. The number of carbonyl (C=O) groups excluding carboxylic acids is 1. The largest absolute Gasteiger partial charge is 0.384 e. The van der Waals surface area contributed by atoms with Crippen molar-refractivity contribution in [3.05, 3.63) is 111 Å². The number of benzene rings is 1. The van der Waals surface area contributed by atoms with Crippen molar-refractivity contribution in [1.29, 1.82) is 0 Å². The third-order valence-corrected chi connectivity index (χ3v) is 7.93. The standard InChI is InChI=1S/C30H31N7O2/c1-18-21(11-14-25(31)35-18)16-34-29(38)24-13-12-22-17-33-28(30(39)37(22)24)36(2)27-23-8-4-3-6-19(23)9-10-20-7-5-15-32-26(20)27/h3-8,11,14-15,17,24,27H,9-10,12-13,16H2,1-2H3,(H2,31,35)(H,34,38)/t24-,27?/m0/s1. The molecule has 39 heavy (non-hydrogen) atoms. The Morgan fingerprint density at radius 2 is 1.87 bits per heavy atom. The zero-order chi connectivity index (χ0) is 27.1. The second-order valence-electron chi connectivity index (χ2n) is 10.3. The molecular formula is C30H31N7O2. The topological polar surface area (TPSA) is 119 Å². The van der Waals surface area contributed by atoms with Crippen LogP contribution in [0, 0.1) is 6.92 Å². The smallest absolute Gasteiger partial charge is 0.294 e. The number of aryl methyl sites for hydroxylation is 4. The Morgan fingerprint density at radius 3 is 2.72 bits per heavy atom. The predicted octanol–water partition coefficient (Wildman–Crippen LogP) is 3.05. The summed E-state index contributed by atoms with van der Waals surface area (Å²) in [5, 5.41) is 2.99. The Balaban J connectivity index is 1.33. The number of fused-ring (bicyclic) bond motifs is 3. The summed E-state index contributed by atoms with van der Waals surface area (Å²) in [4.78, 5) is 42.8. The van der Waals surface area contributed by atoms with Gasteiger partial charge in [0.1, 0.15) is 11.9 Å². The summed E-state index contributed by atoms with van der Waals surface area (Å²) >= 11 is 0. The Labute approximate surface area is 226 Å². The van der Waals surface area contributed by atoms with Crippen LogP contribution in [0.4, 0.5) is 11.6 Å². The first-order chi connectivity index (χ1) is 18.9. The molecule has 4 heterocycles. The average molecular weight is 522 g/mol. The third kappa shape index (κ3) is 4.43. The molecule has 0 spiro atoms. The highest BCUT2D eigenvalue weighted by atomic mass is 16.2. The second-order valence-corrected chi connectivity index (χ2v) is 10.3. The SMILES string of the molecule is Cc1nc(N)ccc1CNC(=O)[C@@H]1CCc2cnc(N(C)C3c4ccccc4CCc4cccnc43)c(=O)n21. The number of aromatic nitrogens is 4. The van der Waals surface area contributed by atoms with Crippen molar-refractivity contribution in [2.45, 2.75) is 51.2 Å². The fourth-order valence-corrected chi connectivity index (χ4v) is 5.89. The molecule has 2 atom stereocenters. The van der Waals surface area contributed by atoms with Gasteiger partial charge in [0, 0.05) is 37.4 Å². The van der Waals surface area contributed by atoms with Gasteiger partial charge in [-0.05, 0) is 67.0 Å². The number of pyridine rings is 2. The number of nitrogens with one attached hydrogen (secondary N) is 1. The third-order valence-electron chi connectivity index (χ3n) is 7.93. The lowest BCUT2D eigenvalue weighted by molar-refractivity contribution is -0.124. The highest BCUT2D eigenvalue weighted by Crippen LogP contribution is 2.36. The highest BCUT2D eigenvalue weighted by Gasteiger charge is 2.34. The summed E-state index contributed by atoms with van der Waals surface area (Å²) in [6.07, 6.45) is 6.48. The van der Waals surface area contributed by atoms with E-state index in [1.807, 2.05) is 43.1 Å². The van der Waals surface area contributed by atoms with Crippen LogP contribution in [0.25, 0.3) is 0 Å². The molecule has 1 aliphatic carbocycles. The lowest BCUT2D eigenvalue weighted by atomic mass is 9.97. The molecule has 0 saturated carbocycles. The summed E-state index contributed by atoms with van der Waals surface area (Å²) < 4.78 is 1.62. The van der Waals surface area contributed by atoms with Gasteiger partial charge in [-0.25, -0.2) is 9.97 Å². The fourth-order valence-electron chi connectivity index (χ4n) is 5.89. The van der Waals surface area contributed by atoms with Crippen LogP contribution < -0.4 is 21.5 Å². The van der Waals surface area contributed by atoms with E-state index in [1.54, 1.807) is 23.0 Å². The molecule has 0 saturated heterocycles. The number of carbonyl (C=O) groups is 1. The number of amides is 1. The molecule has 1 amide bonds. The average Bonchev–Trinajstić information content (AvgIpc) is 3.30. The maximum absolute atomic E-state index is 14.0. The number of anilines is 2. The van der Waals surface area contributed by atoms with Crippen molar-refractivity contribution in [1.82, 2.24) is 24.8 Å². The van der Waals surface area contributed by atoms with Crippen molar-refractivity contribution >= 4 is 17.5 Å². The van der Waals surface area contributed by atoms with Crippen molar-refractivity contribution in [2.75, 3.05) is 17.7 Å². The first kappa shape index (κ1) is 24.8. The molecule has 0 bridgehead atoms. The monoisotopic (exact) mass is 521 g/mol. The van der Waals surface area contributed by atoms with Gasteiger partial charge in [-0.1, -0.05) is 36.4 Å². The van der Waals surface area contributed by atoms with Crippen molar-refractivity contribution in [3.8, 4) is 0 Å². The summed E-state index contributed by atoms with van der Waals surface area (Å²) in [6, 6.07) is 15.1. The van der Waals surface area contributed by atoms with Crippen LogP contribution in [0.2, 0.25) is 0 Å². The number of nitrogen functional groups attached to an aromatic ring is 1. The van der Waals surface area contributed by atoms with Crippen molar-refractivity contribution in [3.63, 3.8) is 0 Å². The van der Waals surface area contributed by atoms with E-state index in [4.69, 9.17) is 10.7 Å². The molecule has 3 aromatic heterocycles. The minimum atomic E-state index is -0.600. The van der Waals surface area contributed by atoms with E-state index in [-0.39, 0.29) is 17.5 Å². The van der Waals surface area contributed by atoms with Crippen LogP contribution in [0.5, 0.6) is 0 Å². The van der Waals surface area contributed by atoms with E-state index in [9.17, 15) is 9.59 Å². The first-order valence-electron chi connectivity index (χ1n) is 13.3. The zero-order valence-corrected chi connectivity index (χ0v) is 22.1. The molecule has 9 nitrogen and oxygen atoms in total. The molecule has 1 aliphatic heterocycles. The molecule has 3 N–H and O–H groups in total. The molecular weight excluding hydrogens is 490 g/mol. The lowest BCUT2D eigenvalue weighted by Gasteiger charge is -2.30. The molecule has 0 fully saturated rings. The normalized spacial score (nSPS) is 17.5. The van der Waals surface area contributed by atoms with Gasteiger partial charge in [0.15, 0.2) is 5.82 Å². The van der Waals surface area contributed by atoms with Crippen LogP contribution >= 0.6 is 0 Å². The van der Waals surface area contributed by atoms with E-state index in [2.05, 4.69) is 33.5 Å². The maximum atomic E-state index is 14.0. The van der Waals surface area contributed by atoms with Gasteiger partial charge in [0.05, 0.1) is 11.7 Å². The van der Waals surface area contributed by atoms with Crippen LogP contribution in [0.1, 0.15) is 57.8 Å². The van der Waals surface area contributed by atoms with Crippen molar-refractivity contribution in [2.24, 2.45) is 0 Å². The minimum absolute atomic E-state index is 0.196. The second kappa shape index (κ2) is 9.98. The van der Waals surface area contributed by atoms with Gasteiger partial charge >= 0.3 is 0 Å². The quantitative estimate of drug-likeness (QED) is 0.414. The molecule has 198 valence electrons. The first-order valence-corrected chi connectivity index (χ1v) is 13.3. The number of hydrogen-bond donors (Lipinski definition) is 2. The molecule has 4 aromatic rings. The zero-order valence-electron chi connectivity index (χ0n) is 22.1. The molecule has 2 aliphatic rings. The Bertz CT molecular complexity index is 1580. The van der Waals surface area contributed by atoms with E-state index < -0.39 is 6.04 Å². The van der Waals surface area contributed by atoms with E-state index in [1.165, 1.54) is 5.56 Å². The Morgan fingerprint density at radius 1 is 1.08 bits per heavy atom. The van der Waals surface area contributed by atoms with E-state index >= 15 is 0 Å². The van der Waals surface area contributed by atoms with E-state index in [0.29, 0.717) is 31.0 Å². The maximum Gasteiger partial charge on any atom is 0.294 e. The van der Waals surface area contributed by atoms with Crippen molar-refractivity contribution < 1.29 is 4.79 Å².